The Balaban J connectivity index is 2.56. The number of methoxy groups -OCH3 is 1. The first kappa shape index (κ1) is 16.3. The molecule has 2 rings (SSSR count). The van der Waals surface area contributed by atoms with E-state index in [2.05, 4.69) is 4.97 Å². The minimum atomic E-state index is -0.468. The van der Waals surface area contributed by atoms with Gasteiger partial charge < -0.3 is 0 Å². The van der Waals surface area contributed by atoms with Gasteiger partial charge in [0.2, 0.25) is 0 Å². The van der Waals surface area contributed by atoms with Gasteiger partial charge in [0.25, 0.3) is 0 Å². The van der Waals surface area contributed by atoms with E-state index in [-0.39, 0.29) is 0 Å². The van der Waals surface area contributed by atoms with Crippen LogP contribution in [-0.2, 0) is 4.79 Å². The standard InChI is InChI=1S/C17H12ClNO2Se/c1-21-15-8-4-13(5-9-15)17(22-11-19)16(10-20)12-2-6-14(18)7-3-12/h2-10H,1H3/b17-16+. The molecule has 0 unspecified atom stereocenters. The van der Waals surface area contributed by atoms with E-state index in [1.54, 1.807) is 31.4 Å². The van der Waals surface area contributed by atoms with Gasteiger partial charge in [0, 0.05) is 0 Å². The number of hydrogen-bond acceptors (Lipinski definition) is 3. The first-order valence-electron chi connectivity index (χ1n) is 6.35. The van der Waals surface area contributed by atoms with Gasteiger partial charge in [-0.1, -0.05) is 0 Å². The van der Waals surface area contributed by atoms with Gasteiger partial charge in [-0.2, -0.15) is 0 Å². The number of allylic oxidation sites excluding steroid dienone is 1. The van der Waals surface area contributed by atoms with Gasteiger partial charge in [-0.3, -0.25) is 0 Å². The third kappa shape index (κ3) is 3.78. The first-order chi connectivity index (χ1) is 10.7. The van der Waals surface area contributed by atoms with Gasteiger partial charge in [0.05, 0.1) is 0 Å². The number of carbonyl (C=O) groups is 1. The molecule has 2 aromatic rings. The Morgan fingerprint density at radius 1 is 1.14 bits per heavy atom. The molecule has 5 heteroatoms. The van der Waals surface area contributed by atoms with Crippen LogP contribution < -0.4 is 4.74 Å². The van der Waals surface area contributed by atoms with Gasteiger partial charge >= 0.3 is 140 Å². The predicted octanol–water partition coefficient (Wildman–Crippen LogP) is 3.60. The molecule has 0 heterocycles. The topological polar surface area (TPSA) is 50.1 Å². The molecule has 0 atom stereocenters. The average molecular weight is 377 g/mol. The quantitative estimate of drug-likeness (QED) is 0.347. The molecular formula is C17H12ClNO2Se. The molecule has 22 heavy (non-hydrogen) atoms. The normalized spacial score (nSPS) is 11.3. The van der Waals surface area contributed by atoms with Crippen molar-refractivity contribution in [1.82, 2.24) is 0 Å². The number of halogens is 1. The summed E-state index contributed by atoms with van der Waals surface area (Å²) in [6.07, 6.45) is 0.794. The molecular weight excluding hydrogens is 365 g/mol. The van der Waals surface area contributed by atoms with Crippen molar-refractivity contribution in [3.8, 4) is 10.7 Å². The molecule has 0 aromatic heterocycles. The zero-order valence-electron chi connectivity index (χ0n) is 11.7. The number of ether oxygens (including phenoxy) is 1. The van der Waals surface area contributed by atoms with E-state index in [1.807, 2.05) is 24.3 Å². The maximum atomic E-state index is 11.6. The molecule has 0 saturated carbocycles. The Hall–Kier alpha value is -2.05. The second-order valence-electron chi connectivity index (χ2n) is 4.29. The number of carbonyl (C=O) groups excluding carboxylic acids is 1. The molecule has 0 spiro atoms. The van der Waals surface area contributed by atoms with Crippen molar-refractivity contribution < 1.29 is 9.53 Å². The summed E-state index contributed by atoms with van der Waals surface area (Å²) in [6.45, 7) is 0. The Morgan fingerprint density at radius 3 is 2.23 bits per heavy atom. The molecule has 0 aliphatic carbocycles. The Labute approximate surface area is 140 Å². The summed E-state index contributed by atoms with van der Waals surface area (Å²) in [7, 11) is 1.59. The molecule has 0 N–H and O–H groups in total. The molecule has 0 bridgehead atoms. The summed E-state index contributed by atoms with van der Waals surface area (Å²) < 4.78 is 5.88. The van der Waals surface area contributed by atoms with Crippen molar-refractivity contribution in [1.29, 1.82) is 5.26 Å². The maximum absolute atomic E-state index is 11.6. The van der Waals surface area contributed by atoms with E-state index >= 15 is 0 Å². The van der Waals surface area contributed by atoms with E-state index in [0.717, 1.165) is 27.6 Å². The van der Waals surface area contributed by atoms with Crippen LogP contribution in [0.15, 0.2) is 48.5 Å². The molecule has 0 amide bonds. The fraction of sp³-hybridized carbons (Fsp3) is 0.0588. The van der Waals surface area contributed by atoms with Crippen LogP contribution in [0.1, 0.15) is 11.1 Å². The van der Waals surface area contributed by atoms with Crippen molar-refractivity contribution in [3.05, 3.63) is 64.7 Å². The Kier molecular flexibility index (Phi) is 5.80. The fourth-order valence-corrected chi connectivity index (χ4v) is 3.37. The third-order valence-corrected chi connectivity index (χ3v) is 4.85. The number of nitrogens with zero attached hydrogens (tertiary/aromatic N) is 1. The zero-order valence-corrected chi connectivity index (χ0v) is 14.2. The molecule has 0 aliphatic rings. The van der Waals surface area contributed by atoms with Crippen LogP contribution in [0.2, 0.25) is 5.02 Å². The van der Waals surface area contributed by atoms with Crippen molar-refractivity contribution in [3.63, 3.8) is 0 Å². The minimum absolute atomic E-state index is 0.468. The number of nitriles is 1. The molecule has 110 valence electrons. The van der Waals surface area contributed by atoms with Crippen LogP contribution in [0.25, 0.3) is 10.0 Å². The molecule has 0 radical (unpaired) electrons. The predicted molar refractivity (Wildman–Crippen MR) is 88.7 cm³/mol. The third-order valence-electron chi connectivity index (χ3n) is 3.02. The molecule has 0 aliphatic heterocycles. The van der Waals surface area contributed by atoms with Crippen molar-refractivity contribution >= 4 is 42.9 Å². The van der Waals surface area contributed by atoms with E-state index < -0.39 is 15.0 Å². The van der Waals surface area contributed by atoms with Gasteiger partial charge in [0.15, 0.2) is 0 Å². The summed E-state index contributed by atoms with van der Waals surface area (Å²) in [4.78, 5) is 13.8. The van der Waals surface area contributed by atoms with E-state index in [1.165, 1.54) is 0 Å². The Morgan fingerprint density at radius 2 is 1.73 bits per heavy atom. The molecule has 0 saturated heterocycles. The van der Waals surface area contributed by atoms with Gasteiger partial charge in [-0.25, -0.2) is 0 Å². The summed E-state index contributed by atoms with van der Waals surface area (Å²) in [5.74, 6) is 0.728. The van der Waals surface area contributed by atoms with Crippen molar-refractivity contribution in [2.24, 2.45) is 0 Å². The Bertz CT molecular complexity index is 731. The van der Waals surface area contributed by atoms with Crippen LogP contribution in [0.3, 0.4) is 0 Å². The summed E-state index contributed by atoms with van der Waals surface area (Å²) in [5, 5.41) is 9.72. The number of rotatable bonds is 5. The number of benzene rings is 2. The van der Waals surface area contributed by atoms with Crippen LogP contribution in [0, 0.1) is 10.2 Å². The second kappa shape index (κ2) is 7.82. The monoisotopic (exact) mass is 377 g/mol. The average Bonchev–Trinajstić information content (AvgIpc) is 2.56. The number of hydrogen-bond donors (Lipinski definition) is 0. The second-order valence-corrected chi connectivity index (χ2v) is 6.39. The van der Waals surface area contributed by atoms with Crippen LogP contribution in [0.5, 0.6) is 5.75 Å². The van der Waals surface area contributed by atoms with Gasteiger partial charge in [-0.15, -0.1) is 0 Å². The van der Waals surface area contributed by atoms with Crippen molar-refractivity contribution in [2.75, 3.05) is 7.11 Å². The molecule has 0 fully saturated rings. The first-order valence-corrected chi connectivity index (χ1v) is 8.44. The van der Waals surface area contributed by atoms with E-state index in [4.69, 9.17) is 21.6 Å². The molecule has 3 nitrogen and oxygen atoms in total. The van der Waals surface area contributed by atoms with E-state index in [0.29, 0.717) is 10.6 Å². The van der Waals surface area contributed by atoms with Crippen LogP contribution in [0.4, 0.5) is 0 Å². The summed E-state index contributed by atoms with van der Waals surface area (Å²) in [6, 6.07) is 14.3. The SMILES string of the molecule is COc1ccc(/C([Se]C#N)=C(/C=O)c2ccc(Cl)cc2)cc1. The molecule has 2 aromatic carbocycles. The van der Waals surface area contributed by atoms with Crippen LogP contribution >= 0.6 is 11.6 Å². The van der Waals surface area contributed by atoms with E-state index in [9.17, 15) is 4.79 Å². The van der Waals surface area contributed by atoms with Crippen LogP contribution in [-0.4, -0.2) is 28.4 Å². The summed E-state index contributed by atoms with van der Waals surface area (Å²) >= 11 is 5.42. The van der Waals surface area contributed by atoms with Gasteiger partial charge in [0.1, 0.15) is 0 Å². The number of aldehydes is 1. The van der Waals surface area contributed by atoms with Crippen molar-refractivity contribution in [2.45, 2.75) is 0 Å². The van der Waals surface area contributed by atoms with Gasteiger partial charge in [-0.05, 0) is 0 Å². The summed E-state index contributed by atoms with van der Waals surface area (Å²) in [5.41, 5.74) is 2.12. The zero-order chi connectivity index (χ0) is 15.9. The fourth-order valence-electron chi connectivity index (χ4n) is 1.94.